The molecule has 1 atom stereocenters. The Morgan fingerprint density at radius 3 is 2.59 bits per heavy atom. The third-order valence-electron chi connectivity index (χ3n) is 6.17. The number of amides is 1. The molecule has 0 saturated carbocycles. The molecule has 29 heavy (non-hydrogen) atoms. The van der Waals surface area contributed by atoms with E-state index in [1.54, 1.807) is 6.33 Å². The minimum absolute atomic E-state index is 0.0260. The third-order valence-corrected chi connectivity index (χ3v) is 6.17. The fourth-order valence-corrected chi connectivity index (χ4v) is 4.46. The molecule has 1 aromatic heterocycles. The van der Waals surface area contributed by atoms with E-state index in [4.69, 9.17) is 0 Å². The molecule has 2 aliphatic heterocycles. The van der Waals surface area contributed by atoms with E-state index in [1.165, 1.54) is 24.8 Å². The highest BCUT2D eigenvalue weighted by atomic mass is 16.2. The largest absolute Gasteiger partial charge is 0.354 e. The Bertz CT molecular complexity index is 804. The van der Waals surface area contributed by atoms with Crippen LogP contribution in [0.15, 0.2) is 42.7 Å². The highest BCUT2D eigenvalue weighted by molar-refractivity contribution is 5.93. The van der Waals surface area contributed by atoms with Crippen LogP contribution in [0.25, 0.3) is 0 Å². The lowest BCUT2D eigenvalue weighted by atomic mass is 10.00. The predicted octanol–water partition coefficient (Wildman–Crippen LogP) is 3.20. The normalized spacial score (nSPS) is 20.7. The summed E-state index contributed by atoms with van der Waals surface area (Å²) >= 11 is 0. The van der Waals surface area contributed by atoms with E-state index in [0.29, 0.717) is 11.7 Å². The van der Waals surface area contributed by atoms with Crippen LogP contribution in [0.1, 0.15) is 48.7 Å². The van der Waals surface area contributed by atoms with E-state index in [0.717, 1.165) is 51.5 Å². The van der Waals surface area contributed by atoms with Crippen molar-refractivity contribution in [3.8, 4) is 0 Å². The Morgan fingerprint density at radius 2 is 1.83 bits per heavy atom. The molecule has 0 spiro atoms. The first-order chi connectivity index (χ1) is 14.2. The Morgan fingerprint density at radius 1 is 1.03 bits per heavy atom. The van der Waals surface area contributed by atoms with Crippen LogP contribution in [0.5, 0.6) is 0 Å². The molecule has 1 amide bonds. The minimum atomic E-state index is 0.0260. The predicted molar refractivity (Wildman–Crippen MR) is 115 cm³/mol. The van der Waals surface area contributed by atoms with E-state index in [-0.39, 0.29) is 5.91 Å². The summed E-state index contributed by atoms with van der Waals surface area (Å²) in [6, 6.07) is 12.9. The van der Waals surface area contributed by atoms with Gasteiger partial charge in [0.1, 0.15) is 17.8 Å². The third kappa shape index (κ3) is 4.75. The van der Waals surface area contributed by atoms with Gasteiger partial charge in [0.15, 0.2) is 0 Å². The lowest BCUT2D eigenvalue weighted by Gasteiger charge is -2.36. The minimum Gasteiger partial charge on any atom is -0.354 e. The van der Waals surface area contributed by atoms with Crippen LogP contribution in [0.2, 0.25) is 0 Å². The van der Waals surface area contributed by atoms with Gasteiger partial charge >= 0.3 is 0 Å². The van der Waals surface area contributed by atoms with Crippen molar-refractivity contribution >= 4 is 11.7 Å². The summed E-state index contributed by atoms with van der Waals surface area (Å²) in [5.74, 6) is 0.927. The van der Waals surface area contributed by atoms with Crippen LogP contribution < -0.4 is 4.90 Å². The molecule has 0 N–H and O–H groups in total. The van der Waals surface area contributed by atoms with Crippen LogP contribution in [-0.4, -0.2) is 64.4 Å². The molecule has 2 aliphatic rings. The van der Waals surface area contributed by atoms with Gasteiger partial charge < -0.3 is 9.80 Å². The van der Waals surface area contributed by atoms with Gasteiger partial charge in [-0.1, -0.05) is 37.3 Å². The Labute approximate surface area is 173 Å². The molecule has 2 fully saturated rings. The summed E-state index contributed by atoms with van der Waals surface area (Å²) in [6.45, 7) is 7.45. The number of piperidine rings is 1. The van der Waals surface area contributed by atoms with E-state index in [2.05, 4.69) is 51.0 Å². The van der Waals surface area contributed by atoms with Crippen molar-refractivity contribution in [3.05, 3.63) is 54.0 Å². The van der Waals surface area contributed by atoms with Crippen molar-refractivity contribution < 1.29 is 4.79 Å². The van der Waals surface area contributed by atoms with Gasteiger partial charge in [0.25, 0.3) is 5.91 Å². The average molecular weight is 394 g/mol. The molecule has 154 valence electrons. The summed E-state index contributed by atoms with van der Waals surface area (Å²) in [5.41, 5.74) is 1.84. The molecule has 0 radical (unpaired) electrons. The van der Waals surface area contributed by atoms with Crippen molar-refractivity contribution in [1.29, 1.82) is 0 Å². The Hall–Kier alpha value is -2.47. The summed E-state index contributed by atoms with van der Waals surface area (Å²) in [5, 5.41) is 0. The Balaban J connectivity index is 1.37. The van der Waals surface area contributed by atoms with E-state index in [9.17, 15) is 4.79 Å². The van der Waals surface area contributed by atoms with Crippen molar-refractivity contribution in [2.24, 2.45) is 0 Å². The molecule has 0 bridgehead atoms. The number of benzene rings is 1. The average Bonchev–Trinajstić information content (AvgIpc) is 2.80. The standard InChI is InChI=1S/C23H31N5O/c1-2-20-10-6-7-11-28(20)22-16-21(24-18-25-22)23(29)27-14-12-26(13-15-27)17-19-8-4-3-5-9-19/h3-5,8-9,16,18,20H,2,6-7,10-15,17H2,1H3. The fourth-order valence-electron chi connectivity index (χ4n) is 4.46. The maximum absolute atomic E-state index is 13.0. The topological polar surface area (TPSA) is 52.6 Å². The summed E-state index contributed by atoms with van der Waals surface area (Å²) in [7, 11) is 0. The first-order valence-electron chi connectivity index (χ1n) is 10.9. The van der Waals surface area contributed by atoms with Gasteiger partial charge in [-0.2, -0.15) is 0 Å². The van der Waals surface area contributed by atoms with Crippen molar-refractivity contribution in [2.45, 2.75) is 45.2 Å². The van der Waals surface area contributed by atoms with Gasteiger partial charge in [0, 0.05) is 51.4 Å². The second kappa shape index (κ2) is 9.35. The van der Waals surface area contributed by atoms with Crippen LogP contribution in [0.3, 0.4) is 0 Å². The summed E-state index contributed by atoms with van der Waals surface area (Å²) < 4.78 is 0. The van der Waals surface area contributed by atoms with Crippen LogP contribution >= 0.6 is 0 Å². The highest BCUT2D eigenvalue weighted by Crippen LogP contribution is 2.25. The quantitative estimate of drug-likeness (QED) is 0.781. The molecule has 2 aromatic rings. The van der Waals surface area contributed by atoms with Crippen molar-refractivity contribution in [3.63, 3.8) is 0 Å². The van der Waals surface area contributed by atoms with E-state index >= 15 is 0 Å². The first-order valence-corrected chi connectivity index (χ1v) is 10.9. The first kappa shape index (κ1) is 19.8. The number of rotatable bonds is 5. The van der Waals surface area contributed by atoms with Gasteiger partial charge in [-0.25, -0.2) is 9.97 Å². The zero-order valence-electron chi connectivity index (χ0n) is 17.3. The lowest BCUT2D eigenvalue weighted by molar-refractivity contribution is 0.0622. The molecular formula is C23H31N5O. The van der Waals surface area contributed by atoms with E-state index in [1.807, 2.05) is 17.0 Å². The molecule has 1 aromatic carbocycles. The smallest absolute Gasteiger partial charge is 0.272 e. The fraction of sp³-hybridized carbons (Fsp3) is 0.522. The molecule has 1 unspecified atom stereocenters. The SMILES string of the molecule is CCC1CCCCN1c1cc(C(=O)N2CCN(Cc3ccccc3)CC2)ncn1. The van der Waals surface area contributed by atoms with Crippen LogP contribution in [-0.2, 0) is 6.54 Å². The van der Waals surface area contributed by atoms with Crippen LogP contribution in [0.4, 0.5) is 5.82 Å². The second-order valence-electron chi connectivity index (χ2n) is 8.07. The molecule has 0 aliphatic carbocycles. The summed E-state index contributed by atoms with van der Waals surface area (Å²) in [6.07, 6.45) is 6.33. The molecule has 4 rings (SSSR count). The van der Waals surface area contributed by atoms with Gasteiger partial charge in [-0.15, -0.1) is 0 Å². The Kier molecular flexibility index (Phi) is 6.39. The highest BCUT2D eigenvalue weighted by Gasteiger charge is 2.26. The maximum Gasteiger partial charge on any atom is 0.272 e. The number of carbonyl (C=O) groups is 1. The maximum atomic E-state index is 13.0. The number of piperazine rings is 1. The zero-order valence-corrected chi connectivity index (χ0v) is 17.3. The number of aromatic nitrogens is 2. The second-order valence-corrected chi connectivity index (χ2v) is 8.07. The number of hydrogen-bond acceptors (Lipinski definition) is 5. The summed E-state index contributed by atoms with van der Waals surface area (Å²) in [4.78, 5) is 28.5. The van der Waals surface area contributed by atoms with Crippen molar-refractivity contribution in [2.75, 3.05) is 37.6 Å². The van der Waals surface area contributed by atoms with Gasteiger partial charge in [-0.05, 0) is 31.2 Å². The van der Waals surface area contributed by atoms with Gasteiger partial charge in [0.05, 0.1) is 0 Å². The number of hydrogen-bond donors (Lipinski definition) is 0. The molecule has 2 saturated heterocycles. The number of anilines is 1. The van der Waals surface area contributed by atoms with Crippen LogP contribution in [0, 0.1) is 0 Å². The molecule has 3 heterocycles. The zero-order chi connectivity index (χ0) is 20.1. The lowest BCUT2D eigenvalue weighted by Crippen LogP contribution is -2.48. The van der Waals surface area contributed by atoms with Crippen molar-refractivity contribution in [1.82, 2.24) is 19.8 Å². The molecule has 6 nitrogen and oxygen atoms in total. The molecule has 6 heteroatoms. The van der Waals surface area contributed by atoms with Gasteiger partial charge in [0.2, 0.25) is 0 Å². The molecular weight excluding hydrogens is 362 g/mol. The monoisotopic (exact) mass is 393 g/mol. The van der Waals surface area contributed by atoms with E-state index < -0.39 is 0 Å². The number of carbonyl (C=O) groups excluding carboxylic acids is 1. The van der Waals surface area contributed by atoms with Gasteiger partial charge in [-0.3, -0.25) is 9.69 Å². The number of nitrogens with zero attached hydrogens (tertiary/aromatic N) is 5.